The van der Waals surface area contributed by atoms with E-state index >= 15 is 0 Å². The monoisotopic (exact) mass is 567 g/mol. The van der Waals surface area contributed by atoms with Gasteiger partial charge in [0.25, 0.3) is 11.8 Å². The number of fused-ring (bicyclic) bond motifs is 1. The lowest BCUT2D eigenvalue weighted by Crippen LogP contribution is -2.49. The molecule has 0 bridgehead atoms. The summed E-state index contributed by atoms with van der Waals surface area (Å²) in [4.78, 5) is 53.6. The molecule has 0 unspecified atom stereocenters. The Bertz CT molecular complexity index is 1690. The van der Waals surface area contributed by atoms with E-state index in [1.54, 1.807) is 29.9 Å². The van der Waals surface area contributed by atoms with Crippen molar-refractivity contribution in [2.45, 2.75) is 13.3 Å². The molecule has 1 aliphatic rings. The zero-order chi connectivity index (χ0) is 28.3. The Labute approximate surface area is 240 Å². The molecule has 0 spiro atoms. The molecule has 5 aromatic rings. The van der Waals surface area contributed by atoms with Gasteiger partial charge in [0.15, 0.2) is 5.65 Å². The van der Waals surface area contributed by atoms with E-state index in [1.165, 1.54) is 6.20 Å². The molecular weight excluding hydrogens is 538 g/mol. The maximum Gasteiger partial charge on any atom is 0.271 e. The number of carbonyl (C=O) groups is 2. The molecule has 12 heteroatoms. The third-order valence-corrected chi connectivity index (χ3v) is 8.31. The van der Waals surface area contributed by atoms with Crippen LogP contribution in [0.3, 0.4) is 0 Å². The molecule has 0 aliphatic carbocycles. The fourth-order valence-corrected chi connectivity index (χ4v) is 5.90. The van der Waals surface area contributed by atoms with Gasteiger partial charge in [-0.15, -0.1) is 11.3 Å². The van der Waals surface area contributed by atoms with Crippen molar-refractivity contribution in [3.8, 4) is 11.3 Å². The lowest BCUT2D eigenvalue weighted by atomic mass is 10.1. The van der Waals surface area contributed by atoms with Crippen LogP contribution in [0.15, 0.2) is 60.6 Å². The number of aromatic nitrogens is 6. The van der Waals surface area contributed by atoms with Crippen LogP contribution in [-0.4, -0.2) is 78.9 Å². The minimum Gasteiger partial charge on any atom is -0.352 e. The quantitative estimate of drug-likeness (QED) is 0.318. The molecule has 4 aromatic heterocycles. The van der Waals surface area contributed by atoms with Crippen LogP contribution in [0.25, 0.3) is 22.4 Å². The van der Waals surface area contributed by atoms with Crippen LogP contribution in [0.4, 0.5) is 5.82 Å². The third kappa shape index (κ3) is 5.25. The third-order valence-electron chi connectivity index (χ3n) is 7.31. The van der Waals surface area contributed by atoms with E-state index in [0.29, 0.717) is 55.3 Å². The van der Waals surface area contributed by atoms with Crippen LogP contribution in [0, 0.1) is 6.92 Å². The number of carbonyl (C=O) groups excluding carboxylic acids is 2. The summed E-state index contributed by atoms with van der Waals surface area (Å²) in [6, 6.07) is 9.86. The summed E-state index contributed by atoms with van der Waals surface area (Å²) in [5.74, 6) is 0.352. The molecule has 1 aliphatic heterocycles. The van der Waals surface area contributed by atoms with Crippen molar-refractivity contribution in [1.29, 1.82) is 0 Å². The van der Waals surface area contributed by atoms with Gasteiger partial charge in [-0.3, -0.25) is 14.6 Å². The summed E-state index contributed by atoms with van der Waals surface area (Å²) >= 11 is 1.59. The summed E-state index contributed by atoms with van der Waals surface area (Å²) in [5, 5.41) is 2.90. The first-order valence-electron chi connectivity index (χ1n) is 13.4. The first-order chi connectivity index (χ1) is 20.0. The summed E-state index contributed by atoms with van der Waals surface area (Å²) in [7, 11) is 1.92. The Morgan fingerprint density at radius 1 is 0.951 bits per heavy atom. The normalized spacial score (nSPS) is 13.5. The number of benzene rings is 1. The van der Waals surface area contributed by atoms with Gasteiger partial charge in [-0.25, -0.2) is 19.9 Å². The number of aryl methyl sites for hydroxylation is 2. The second-order valence-corrected chi connectivity index (χ2v) is 10.7. The van der Waals surface area contributed by atoms with E-state index in [2.05, 4.69) is 35.1 Å². The maximum atomic E-state index is 13.9. The predicted molar refractivity (Wildman–Crippen MR) is 157 cm³/mol. The minimum atomic E-state index is -0.256. The molecule has 1 fully saturated rings. The number of piperazine rings is 1. The van der Waals surface area contributed by atoms with E-state index < -0.39 is 0 Å². The average Bonchev–Trinajstić information content (AvgIpc) is 3.57. The van der Waals surface area contributed by atoms with E-state index in [-0.39, 0.29) is 17.5 Å². The Hall–Kier alpha value is -4.71. The van der Waals surface area contributed by atoms with Crippen LogP contribution >= 0.6 is 11.3 Å². The van der Waals surface area contributed by atoms with Crippen LogP contribution in [0.1, 0.15) is 31.4 Å². The number of hydrogen-bond acceptors (Lipinski definition) is 9. The van der Waals surface area contributed by atoms with Gasteiger partial charge in [-0.1, -0.05) is 30.3 Å². The summed E-state index contributed by atoms with van der Waals surface area (Å²) < 4.78 is 1.94. The highest BCUT2D eigenvalue weighted by Gasteiger charge is 2.30. The van der Waals surface area contributed by atoms with E-state index in [9.17, 15) is 9.59 Å². The summed E-state index contributed by atoms with van der Waals surface area (Å²) in [6.07, 6.45) is 7.11. The zero-order valence-electron chi connectivity index (χ0n) is 22.8. The van der Waals surface area contributed by atoms with Gasteiger partial charge < -0.3 is 19.7 Å². The second kappa shape index (κ2) is 11.4. The Kier molecular flexibility index (Phi) is 7.38. The van der Waals surface area contributed by atoms with E-state index in [0.717, 1.165) is 28.2 Å². The Morgan fingerprint density at radius 3 is 2.44 bits per heavy atom. The number of anilines is 1. The minimum absolute atomic E-state index is 0.0683. The average molecular weight is 568 g/mol. The number of rotatable bonds is 7. The molecule has 0 radical (unpaired) electrons. The molecule has 0 atom stereocenters. The van der Waals surface area contributed by atoms with Crippen molar-refractivity contribution >= 4 is 40.1 Å². The van der Waals surface area contributed by atoms with E-state index in [1.807, 2.05) is 59.3 Å². The standard InChI is InChI=1S/C29H29N9O2S/c1-19-22(41-18-35-19)8-9-32-28(39)21-16-34-23(17-33-21)37-12-14-38(15-13-37)29(40)24-25-27(31-11-10-30-25)36(2)26(24)20-6-4-3-5-7-20/h3-7,10-11,16-18H,8-9,12-15H2,1-2H3,(H,32,39). The summed E-state index contributed by atoms with van der Waals surface area (Å²) in [5.41, 5.74) is 6.67. The number of amides is 2. The molecular formula is C29H29N9O2S. The SMILES string of the molecule is Cc1ncsc1CCNC(=O)c1cnc(N2CCN(C(=O)c3c(-c4ccccc4)n(C)c4nccnc34)CC2)cn1. The van der Waals surface area contributed by atoms with Crippen molar-refractivity contribution in [2.75, 3.05) is 37.6 Å². The molecule has 0 saturated carbocycles. The van der Waals surface area contributed by atoms with Crippen molar-refractivity contribution in [2.24, 2.45) is 7.05 Å². The molecule has 11 nitrogen and oxygen atoms in total. The van der Waals surface area contributed by atoms with Gasteiger partial charge in [-0.05, 0) is 12.5 Å². The molecule has 1 saturated heterocycles. The van der Waals surface area contributed by atoms with Gasteiger partial charge >= 0.3 is 0 Å². The zero-order valence-corrected chi connectivity index (χ0v) is 23.6. The molecule has 41 heavy (non-hydrogen) atoms. The lowest BCUT2D eigenvalue weighted by Gasteiger charge is -2.35. The first kappa shape index (κ1) is 26.5. The topological polar surface area (TPSA) is 122 Å². The number of nitrogens with zero attached hydrogens (tertiary/aromatic N) is 8. The molecule has 2 amide bonds. The molecule has 1 N–H and O–H groups in total. The highest BCUT2D eigenvalue weighted by atomic mass is 32.1. The highest BCUT2D eigenvalue weighted by Crippen LogP contribution is 2.32. The maximum absolute atomic E-state index is 13.9. The fourth-order valence-electron chi connectivity index (χ4n) is 5.12. The molecule has 5 heterocycles. The number of nitrogens with one attached hydrogen (secondary N) is 1. The van der Waals surface area contributed by atoms with E-state index in [4.69, 9.17) is 0 Å². The van der Waals surface area contributed by atoms with Gasteiger partial charge in [-0.2, -0.15) is 0 Å². The van der Waals surface area contributed by atoms with Crippen LogP contribution < -0.4 is 10.2 Å². The van der Waals surface area contributed by atoms with Crippen molar-refractivity contribution in [3.63, 3.8) is 0 Å². The summed E-state index contributed by atoms with van der Waals surface area (Å²) in [6.45, 7) is 4.70. The van der Waals surface area contributed by atoms with Gasteiger partial charge in [0.1, 0.15) is 17.0 Å². The van der Waals surface area contributed by atoms with Crippen molar-refractivity contribution in [3.05, 3.63) is 82.5 Å². The molecule has 1 aromatic carbocycles. The molecule has 6 rings (SSSR count). The smallest absolute Gasteiger partial charge is 0.271 e. The van der Waals surface area contributed by atoms with Crippen LogP contribution in [0.5, 0.6) is 0 Å². The Morgan fingerprint density at radius 2 is 1.73 bits per heavy atom. The first-order valence-corrected chi connectivity index (χ1v) is 14.3. The van der Waals surface area contributed by atoms with Gasteiger partial charge in [0.2, 0.25) is 0 Å². The number of thiazole rings is 1. The fraction of sp³-hybridized carbons (Fsp3) is 0.276. The van der Waals surface area contributed by atoms with Crippen molar-refractivity contribution < 1.29 is 9.59 Å². The lowest BCUT2D eigenvalue weighted by molar-refractivity contribution is 0.0748. The highest BCUT2D eigenvalue weighted by molar-refractivity contribution is 7.09. The van der Waals surface area contributed by atoms with Crippen LogP contribution in [-0.2, 0) is 13.5 Å². The predicted octanol–water partition coefficient (Wildman–Crippen LogP) is 3.13. The second-order valence-electron chi connectivity index (χ2n) is 9.78. The molecule has 208 valence electrons. The largest absolute Gasteiger partial charge is 0.352 e. The van der Waals surface area contributed by atoms with Crippen molar-refractivity contribution in [1.82, 2.24) is 39.7 Å². The Balaban J connectivity index is 1.11. The number of hydrogen-bond donors (Lipinski definition) is 1. The van der Waals surface area contributed by atoms with Gasteiger partial charge in [0, 0.05) is 63.5 Å². The van der Waals surface area contributed by atoms with Crippen LogP contribution in [0.2, 0.25) is 0 Å². The van der Waals surface area contributed by atoms with Gasteiger partial charge in [0.05, 0.1) is 34.9 Å².